The number of fused-ring (bicyclic) bond motifs is 3. The molecule has 0 bridgehead atoms. The minimum Gasteiger partial charge on any atom is -0.370 e. The molecule has 0 saturated carbocycles. The van der Waals surface area contributed by atoms with E-state index in [1.165, 1.54) is 0 Å². The van der Waals surface area contributed by atoms with E-state index in [0.717, 1.165) is 25.2 Å². The number of aromatic nitrogens is 3. The van der Waals surface area contributed by atoms with Gasteiger partial charge in [0.25, 0.3) is 0 Å². The molecule has 1 aromatic heterocycles. The van der Waals surface area contributed by atoms with Crippen molar-refractivity contribution in [3.8, 4) is 0 Å². The third-order valence-corrected chi connectivity index (χ3v) is 6.50. The van der Waals surface area contributed by atoms with Crippen LogP contribution in [0.1, 0.15) is 18.2 Å². The number of sulfone groups is 1. The Balaban J connectivity index is 1.42. The van der Waals surface area contributed by atoms with Crippen molar-refractivity contribution in [3.05, 3.63) is 42.2 Å². The third-order valence-electron chi connectivity index (χ3n) is 4.79. The summed E-state index contributed by atoms with van der Waals surface area (Å²) in [6, 6.07) is 8.75. The van der Waals surface area contributed by atoms with Crippen molar-refractivity contribution in [1.82, 2.24) is 19.9 Å². The highest BCUT2D eigenvalue weighted by molar-refractivity contribution is 7.91. The highest BCUT2D eigenvalue weighted by Gasteiger charge is 2.36. The molecule has 2 atom stereocenters. The largest absolute Gasteiger partial charge is 0.370 e. The van der Waals surface area contributed by atoms with Gasteiger partial charge in [-0.15, -0.1) is 5.10 Å². The van der Waals surface area contributed by atoms with Crippen LogP contribution in [0.15, 0.2) is 41.4 Å². The van der Waals surface area contributed by atoms with Crippen molar-refractivity contribution in [2.24, 2.45) is 0 Å². The van der Waals surface area contributed by atoms with Crippen molar-refractivity contribution in [3.63, 3.8) is 0 Å². The van der Waals surface area contributed by atoms with Gasteiger partial charge in [0.2, 0.25) is 0 Å². The van der Waals surface area contributed by atoms with Crippen LogP contribution in [0.4, 0.5) is 0 Å². The summed E-state index contributed by atoms with van der Waals surface area (Å²) in [5.41, 5.74) is 0.981. The number of piperidine rings is 1. The maximum Gasteiger partial charge on any atom is 0.179 e. The van der Waals surface area contributed by atoms with Crippen molar-refractivity contribution < 1.29 is 13.2 Å². The predicted molar refractivity (Wildman–Crippen MR) is 87.2 cm³/mol. The van der Waals surface area contributed by atoms with Crippen LogP contribution in [0.25, 0.3) is 0 Å². The second-order valence-electron chi connectivity index (χ2n) is 6.31. The lowest BCUT2D eigenvalue weighted by atomic mass is 10.0. The summed E-state index contributed by atoms with van der Waals surface area (Å²) in [5.74, 6) is 0.124. The topological polar surface area (TPSA) is 77.3 Å². The average molecular weight is 348 g/mol. The minimum atomic E-state index is -3.25. The molecule has 0 unspecified atom stereocenters. The molecule has 3 heterocycles. The molecular formula is C16H20N4O3S. The Kier molecular flexibility index (Phi) is 4.11. The smallest absolute Gasteiger partial charge is 0.179 e. The van der Waals surface area contributed by atoms with E-state index in [0.29, 0.717) is 18.0 Å². The number of likely N-dealkylation sites (tertiary alicyclic amines) is 1. The number of hydrogen-bond donors (Lipinski definition) is 0. The number of hydrogen-bond acceptors (Lipinski definition) is 6. The Morgan fingerprint density at radius 2 is 2.08 bits per heavy atom. The van der Waals surface area contributed by atoms with Gasteiger partial charge in [0.05, 0.1) is 41.3 Å². The normalized spacial score (nSPS) is 24.3. The summed E-state index contributed by atoms with van der Waals surface area (Å²) >= 11 is 0. The minimum absolute atomic E-state index is 0.115. The summed E-state index contributed by atoms with van der Waals surface area (Å²) < 4.78 is 32.7. The number of benzene rings is 1. The molecule has 1 fully saturated rings. The molecule has 2 aliphatic rings. The van der Waals surface area contributed by atoms with Crippen molar-refractivity contribution >= 4 is 9.84 Å². The summed E-state index contributed by atoms with van der Waals surface area (Å²) in [4.78, 5) is 2.57. The number of rotatable bonds is 4. The van der Waals surface area contributed by atoms with E-state index in [-0.39, 0.29) is 17.9 Å². The van der Waals surface area contributed by atoms with Gasteiger partial charge in [-0.1, -0.05) is 23.4 Å². The van der Waals surface area contributed by atoms with E-state index < -0.39 is 9.84 Å². The van der Waals surface area contributed by atoms with Gasteiger partial charge >= 0.3 is 0 Å². The summed E-state index contributed by atoms with van der Waals surface area (Å²) in [6.07, 6.45) is 2.76. The SMILES string of the molecule is O=S(=O)(CCN1CC[C@@H]2OCc3cnnn3[C@H]2C1)c1ccccc1. The zero-order valence-corrected chi connectivity index (χ0v) is 14.1. The first-order valence-corrected chi connectivity index (χ1v) is 9.79. The monoisotopic (exact) mass is 348 g/mol. The Labute approximate surface area is 141 Å². The van der Waals surface area contributed by atoms with Crippen LogP contribution < -0.4 is 0 Å². The summed E-state index contributed by atoms with van der Waals surface area (Å²) in [5, 5.41) is 8.14. The van der Waals surface area contributed by atoms with Gasteiger partial charge in [-0.25, -0.2) is 13.1 Å². The Morgan fingerprint density at radius 3 is 2.92 bits per heavy atom. The molecule has 0 amide bonds. The fourth-order valence-corrected chi connectivity index (χ4v) is 4.75. The summed E-state index contributed by atoms with van der Waals surface area (Å²) in [6.45, 7) is 2.65. The molecule has 24 heavy (non-hydrogen) atoms. The first kappa shape index (κ1) is 15.7. The molecule has 128 valence electrons. The molecule has 0 N–H and O–H groups in total. The molecule has 0 radical (unpaired) electrons. The van der Waals surface area contributed by atoms with Gasteiger partial charge < -0.3 is 4.74 Å². The van der Waals surface area contributed by atoms with Crippen LogP contribution in [-0.2, 0) is 21.2 Å². The van der Waals surface area contributed by atoms with Gasteiger partial charge in [-0.2, -0.15) is 0 Å². The van der Waals surface area contributed by atoms with Crippen molar-refractivity contribution in [2.45, 2.75) is 30.1 Å². The highest BCUT2D eigenvalue weighted by atomic mass is 32.2. The maximum atomic E-state index is 12.4. The van der Waals surface area contributed by atoms with Gasteiger partial charge in [0.15, 0.2) is 9.84 Å². The lowest BCUT2D eigenvalue weighted by Crippen LogP contribution is -2.49. The van der Waals surface area contributed by atoms with Gasteiger partial charge in [0, 0.05) is 19.6 Å². The van der Waals surface area contributed by atoms with Crippen LogP contribution in [0.2, 0.25) is 0 Å². The molecule has 1 saturated heterocycles. The average Bonchev–Trinajstić information content (AvgIpc) is 3.10. The first-order valence-electron chi connectivity index (χ1n) is 8.14. The standard InChI is InChI=1S/C16H20N4O3S/c21-24(22,14-4-2-1-3-5-14)9-8-19-7-6-16-15(11-19)20-13(12-23-16)10-17-18-20/h1-5,10,15-16H,6-9,11-12H2/t15-,16-/m0/s1. The second kappa shape index (κ2) is 6.27. The Morgan fingerprint density at radius 1 is 1.25 bits per heavy atom. The molecule has 8 heteroatoms. The van der Waals surface area contributed by atoms with Crippen molar-refractivity contribution in [1.29, 1.82) is 0 Å². The van der Waals surface area contributed by atoms with E-state index in [1.807, 2.05) is 10.7 Å². The van der Waals surface area contributed by atoms with E-state index in [9.17, 15) is 8.42 Å². The predicted octanol–water partition coefficient (Wildman–Crippen LogP) is 0.898. The van der Waals surface area contributed by atoms with Crippen LogP contribution in [-0.4, -0.2) is 59.8 Å². The van der Waals surface area contributed by atoms with Crippen LogP contribution in [0.5, 0.6) is 0 Å². The molecule has 7 nitrogen and oxygen atoms in total. The zero-order valence-electron chi connectivity index (χ0n) is 13.3. The fourth-order valence-electron chi connectivity index (χ4n) is 3.44. The number of nitrogens with zero attached hydrogens (tertiary/aromatic N) is 4. The van der Waals surface area contributed by atoms with Crippen LogP contribution >= 0.6 is 0 Å². The van der Waals surface area contributed by atoms with E-state index >= 15 is 0 Å². The van der Waals surface area contributed by atoms with E-state index in [1.54, 1.807) is 30.5 Å². The highest BCUT2D eigenvalue weighted by Crippen LogP contribution is 2.29. The Hall–Kier alpha value is -1.77. The van der Waals surface area contributed by atoms with Gasteiger partial charge in [-0.05, 0) is 18.6 Å². The quantitative estimate of drug-likeness (QED) is 0.817. The van der Waals surface area contributed by atoms with Crippen molar-refractivity contribution in [2.75, 3.05) is 25.4 Å². The molecule has 2 aliphatic heterocycles. The zero-order chi connectivity index (χ0) is 16.6. The molecule has 0 aliphatic carbocycles. The molecular weight excluding hydrogens is 328 g/mol. The Bertz CT molecular complexity index is 806. The molecule has 0 spiro atoms. The van der Waals surface area contributed by atoms with Gasteiger partial charge in [-0.3, -0.25) is 4.90 Å². The van der Waals surface area contributed by atoms with E-state index in [2.05, 4.69) is 15.2 Å². The maximum absolute atomic E-state index is 12.4. The lowest BCUT2D eigenvalue weighted by molar-refractivity contribution is -0.0646. The van der Waals surface area contributed by atoms with E-state index in [4.69, 9.17) is 4.74 Å². The second-order valence-corrected chi connectivity index (χ2v) is 8.42. The molecule has 4 rings (SSSR count). The van der Waals surface area contributed by atoms with Crippen LogP contribution in [0.3, 0.4) is 0 Å². The molecule has 2 aromatic rings. The lowest BCUT2D eigenvalue weighted by Gasteiger charge is -2.40. The third kappa shape index (κ3) is 2.97. The summed E-state index contributed by atoms with van der Waals surface area (Å²) in [7, 11) is -3.25. The fraction of sp³-hybridized carbons (Fsp3) is 0.500. The van der Waals surface area contributed by atoms with Crippen LogP contribution in [0, 0.1) is 0 Å². The molecule has 1 aromatic carbocycles. The number of ether oxygens (including phenoxy) is 1. The first-order chi connectivity index (χ1) is 11.6. The van der Waals surface area contributed by atoms with Gasteiger partial charge in [0.1, 0.15) is 0 Å².